The second-order valence-electron chi connectivity index (χ2n) is 4.66. The largest absolute Gasteiger partial charge is 0.399 e. The summed E-state index contributed by atoms with van der Waals surface area (Å²) >= 11 is 0. The zero-order chi connectivity index (χ0) is 14.7. The van der Waals surface area contributed by atoms with Gasteiger partial charge >= 0.3 is 0 Å². The van der Waals surface area contributed by atoms with E-state index in [1.54, 1.807) is 31.3 Å². The molecule has 1 aliphatic rings. The van der Waals surface area contributed by atoms with Gasteiger partial charge in [-0.1, -0.05) is 0 Å². The summed E-state index contributed by atoms with van der Waals surface area (Å²) in [4.78, 5) is 37.6. The number of carbonyl (C=O) groups excluding carboxylic acids is 3. The van der Waals surface area contributed by atoms with E-state index in [2.05, 4.69) is 5.32 Å². The van der Waals surface area contributed by atoms with Gasteiger partial charge in [0.25, 0.3) is 0 Å². The van der Waals surface area contributed by atoms with Crippen LogP contribution < -0.4 is 16.0 Å². The van der Waals surface area contributed by atoms with Crippen molar-refractivity contribution in [3.05, 3.63) is 24.3 Å². The van der Waals surface area contributed by atoms with E-state index < -0.39 is 0 Å². The van der Waals surface area contributed by atoms with Crippen molar-refractivity contribution in [2.45, 2.75) is 0 Å². The van der Waals surface area contributed by atoms with Crippen molar-refractivity contribution in [2.24, 2.45) is 0 Å². The van der Waals surface area contributed by atoms with Gasteiger partial charge in [-0.2, -0.15) is 0 Å². The van der Waals surface area contributed by atoms with Crippen LogP contribution in [0.5, 0.6) is 0 Å². The van der Waals surface area contributed by atoms with Crippen molar-refractivity contribution in [1.82, 2.24) is 10.2 Å². The Balaban J connectivity index is 1.99. The monoisotopic (exact) mass is 276 g/mol. The predicted octanol–water partition coefficient (Wildman–Crippen LogP) is -0.810. The Hall–Kier alpha value is -2.41. The summed E-state index contributed by atoms with van der Waals surface area (Å²) in [6.45, 7) is 0.111. The van der Waals surface area contributed by atoms with Crippen LogP contribution in [0.4, 0.5) is 11.4 Å². The number of nitrogens with zero attached hydrogens (tertiary/aromatic N) is 2. The van der Waals surface area contributed by atoms with Crippen molar-refractivity contribution in [2.75, 3.05) is 37.3 Å². The highest BCUT2D eigenvalue weighted by Crippen LogP contribution is 2.15. The van der Waals surface area contributed by atoms with E-state index in [4.69, 9.17) is 5.73 Å². The Morgan fingerprint density at radius 2 is 1.80 bits per heavy atom. The van der Waals surface area contributed by atoms with Gasteiger partial charge in [-0.15, -0.1) is 0 Å². The number of likely N-dealkylation sites (N-methyl/N-ethyl adjacent to an activating group) is 1. The minimum atomic E-state index is -0.385. The zero-order valence-electron chi connectivity index (χ0n) is 11.1. The Morgan fingerprint density at radius 1 is 1.25 bits per heavy atom. The fourth-order valence-electron chi connectivity index (χ4n) is 1.95. The summed E-state index contributed by atoms with van der Waals surface area (Å²) in [7, 11) is 1.64. The summed E-state index contributed by atoms with van der Waals surface area (Å²) in [6, 6.07) is 6.89. The lowest BCUT2D eigenvalue weighted by Gasteiger charge is -2.27. The Kier molecular flexibility index (Phi) is 3.99. The molecule has 0 unspecified atom stereocenters. The molecule has 106 valence electrons. The van der Waals surface area contributed by atoms with Gasteiger partial charge in [0.05, 0.1) is 19.6 Å². The highest BCUT2D eigenvalue weighted by molar-refractivity contribution is 6.00. The molecular formula is C13H16N4O3. The number of piperazine rings is 1. The van der Waals surface area contributed by atoms with E-state index >= 15 is 0 Å². The van der Waals surface area contributed by atoms with Crippen LogP contribution in [0, 0.1) is 0 Å². The van der Waals surface area contributed by atoms with Crippen molar-refractivity contribution < 1.29 is 14.4 Å². The van der Waals surface area contributed by atoms with E-state index in [1.165, 1.54) is 9.80 Å². The SMILES string of the molecule is CN(C(=O)CN1CC(=O)NC(=O)C1)c1ccc(N)cc1. The fraction of sp³-hybridized carbons (Fsp3) is 0.308. The lowest BCUT2D eigenvalue weighted by Crippen LogP contribution is -2.53. The molecule has 1 heterocycles. The first-order valence-electron chi connectivity index (χ1n) is 6.13. The average molecular weight is 276 g/mol. The van der Waals surface area contributed by atoms with Crippen LogP contribution in [0.15, 0.2) is 24.3 Å². The first-order chi connectivity index (χ1) is 9.45. The third-order valence-corrected chi connectivity index (χ3v) is 3.03. The van der Waals surface area contributed by atoms with Gasteiger partial charge in [0.1, 0.15) is 0 Å². The number of imide groups is 1. The Labute approximate surface area is 116 Å². The second-order valence-corrected chi connectivity index (χ2v) is 4.66. The fourth-order valence-corrected chi connectivity index (χ4v) is 1.95. The normalized spacial score (nSPS) is 15.8. The van der Waals surface area contributed by atoms with Gasteiger partial charge < -0.3 is 10.6 Å². The van der Waals surface area contributed by atoms with Gasteiger partial charge in [-0.25, -0.2) is 0 Å². The number of nitrogen functional groups attached to an aromatic ring is 1. The quantitative estimate of drug-likeness (QED) is 0.556. The van der Waals surface area contributed by atoms with Crippen molar-refractivity contribution >= 4 is 29.1 Å². The van der Waals surface area contributed by atoms with Crippen molar-refractivity contribution in [1.29, 1.82) is 0 Å². The van der Waals surface area contributed by atoms with Gasteiger partial charge in [-0.05, 0) is 24.3 Å². The van der Waals surface area contributed by atoms with Crippen LogP contribution in [0.3, 0.4) is 0 Å². The molecule has 2 rings (SSSR count). The van der Waals surface area contributed by atoms with E-state index in [0.29, 0.717) is 11.4 Å². The molecule has 0 radical (unpaired) electrons. The van der Waals surface area contributed by atoms with E-state index in [0.717, 1.165) is 0 Å². The highest BCUT2D eigenvalue weighted by atomic mass is 16.2. The number of hydrogen-bond acceptors (Lipinski definition) is 5. The molecule has 0 spiro atoms. The maximum atomic E-state index is 12.1. The molecule has 1 aromatic rings. The number of benzene rings is 1. The topological polar surface area (TPSA) is 95.7 Å². The summed E-state index contributed by atoms with van der Waals surface area (Å²) in [6.07, 6.45) is 0. The number of amides is 3. The van der Waals surface area contributed by atoms with Crippen molar-refractivity contribution in [3.8, 4) is 0 Å². The van der Waals surface area contributed by atoms with Crippen molar-refractivity contribution in [3.63, 3.8) is 0 Å². The maximum Gasteiger partial charge on any atom is 0.240 e. The molecule has 1 aromatic carbocycles. The first kappa shape index (κ1) is 14.0. The number of nitrogens with one attached hydrogen (secondary N) is 1. The van der Waals surface area contributed by atoms with Gasteiger partial charge in [0.2, 0.25) is 17.7 Å². The Bertz CT molecular complexity index is 525. The summed E-state index contributed by atoms with van der Waals surface area (Å²) in [5.41, 5.74) is 6.91. The average Bonchev–Trinajstić information content (AvgIpc) is 2.37. The lowest BCUT2D eigenvalue weighted by atomic mass is 10.2. The Morgan fingerprint density at radius 3 is 2.35 bits per heavy atom. The standard InChI is InChI=1S/C13H16N4O3/c1-16(10-4-2-9(14)3-5-10)13(20)8-17-6-11(18)15-12(19)7-17/h2-5H,6-8,14H2,1H3,(H,15,18,19). The minimum absolute atomic E-state index is 0.0139. The molecule has 3 N–H and O–H groups in total. The molecule has 1 fully saturated rings. The molecule has 7 heteroatoms. The molecule has 1 aliphatic heterocycles. The molecule has 0 aliphatic carbocycles. The summed E-state index contributed by atoms with van der Waals surface area (Å²) in [5.74, 6) is -0.967. The zero-order valence-corrected chi connectivity index (χ0v) is 11.1. The molecule has 20 heavy (non-hydrogen) atoms. The third kappa shape index (κ3) is 3.33. The summed E-state index contributed by atoms with van der Waals surface area (Å²) < 4.78 is 0. The molecule has 7 nitrogen and oxygen atoms in total. The molecule has 0 bridgehead atoms. The molecule has 1 saturated heterocycles. The summed E-state index contributed by atoms with van der Waals surface area (Å²) in [5, 5.41) is 2.19. The maximum absolute atomic E-state index is 12.1. The molecule has 0 aromatic heterocycles. The van der Waals surface area contributed by atoms with Gasteiger partial charge in [-0.3, -0.25) is 24.6 Å². The van der Waals surface area contributed by atoms with E-state index in [9.17, 15) is 14.4 Å². The predicted molar refractivity (Wildman–Crippen MR) is 73.9 cm³/mol. The van der Waals surface area contributed by atoms with Crippen LogP contribution in [-0.4, -0.2) is 49.3 Å². The van der Waals surface area contributed by atoms with Crippen LogP contribution in [0.1, 0.15) is 0 Å². The van der Waals surface area contributed by atoms with Crippen LogP contribution >= 0.6 is 0 Å². The third-order valence-electron chi connectivity index (χ3n) is 3.03. The molecule has 0 saturated carbocycles. The molecule has 0 atom stereocenters. The van der Waals surface area contributed by atoms with Crippen LogP contribution in [0.2, 0.25) is 0 Å². The minimum Gasteiger partial charge on any atom is -0.399 e. The van der Waals surface area contributed by atoms with Gasteiger partial charge in [0.15, 0.2) is 0 Å². The lowest BCUT2D eigenvalue weighted by molar-refractivity contribution is -0.136. The number of hydrogen-bond donors (Lipinski definition) is 2. The number of rotatable bonds is 3. The van der Waals surface area contributed by atoms with E-state index in [1.807, 2.05) is 0 Å². The molecular weight excluding hydrogens is 260 g/mol. The number of carbonyl (C=O) groups is 3. The highest BCUT2D eigenvalue weighted by Gasteiger charge is 2.25. The number of nitrogens with two attached hydrogens (primary N) is 1. The van der Waals surface area contributed by atoms with Gasteiger partial charge in [0, 0.05) is 18.4 Å². The smallest absolute Gasteiger partial charge is 0.240 e. The van der Waals surface area contributed by atoms with Crippen LogP contribution in [0.25, 0.3) is 0 Å². The number of anilines is 2. The first-order valence-corrected chi connectivity index (χ1v) is 6.13. The second kappa shape index (κ2) is 5.70. The van der Waals surface area contributed by atoms with Crippen LogP contribution in [-0.2, 0) is 14.4 Å². The molecule has 3 amide bonds. The van der Waals surface area contributed by atoms with E-state index in [-0.39, 0.29) is 37.4 Å².